The number of halogens is 1. The Morgan fingerprint density at radius 1 is 1.42 bits per heavy atom. The highest BCUT2D eigenvalue weighted by atomic mass is 19.1. The van der Waals surface area contributed by atoms with E-state index in [0.29, 0.717) is 17.2 Å². The van der Waals surface area contributed by atoms with E-state index in [1.165, 1.54) is 18.2 Å². The van der Waals surface area contributed by atoms with E-state index < -0.39 is 5.91 Å². The molecule has 104 valence electrons. The van der Waals surface area contributed by atoms with Gasteiger partial charge in [0.25, 0.3) is 0 Å². The van der Waals surface area contributed by atoms with Gasteiger partial charge >= 0.3 is 0 Å². The number of hydrogen-bond acceptors (Lipinski definition) is 2. The Hall–Kier alpha value is -1.58. The van der Waals surface area contributed by atoms with Gasteiger partial charge in [0.1, 0.15) is 5.82 Å². The molecule has 2 unspecified atom stereocenters. The van der Waals surface area contributed by atoms with Crippen LogP contribution < -0.4 is 11.1 Å². The number of amides is 1. The molecule has 1 aliphatic rings. The van der Waals surface area contributed by atoms with Gasteiger partial charge in [-0.15, -0.1) is 0 Å². The standard InChI is InChI=1S/C15H21FN2O/c1-9-7-15(2,3)8-13(9)18-12-6-10(14(17)19)4-5-11(12)16/h4-6,9,13,18H,7-8H2,1-3H3,(H2,17,19). The first kappa shape index (κ1) is 13.8. The van der Waals surface area contributed by atoms with E-state index >= 15 is 0 Å². The Balaban J connectivity index is 2.19. The van der Waals surface area contributed by atoms with Gasteiger partial charge in [0, 0.05) is 11.6 Å². The lowest BCUT2D eigenvalue weighted by Gasteiger charge is -2.20. The van der Waals surface area contributed by atoms with Crippen LogP contribution in [0.4, 0.5) is 10.1 Å². The molecule has 19 heavy (non-hydrogen) atoms. The predicted molar refractivity (Wildman–Crippen MR) is 74.5 cm³/mol. The number of rotatable bonds is 3. The summed E-state index contributed by atoms with van der Waals surface area (Å²) in [7, 11) is 0. The van der Waals surface area contributed by atoms with Crippen LogP contribution in [-0.4, -0.2) is 11.9 Å². The third kappa shape index (κ3) is 3.06. The van der Waals surface area contributed by atoms with Crippen molar-refractivity contribution in [2.75, 3.05) is 5.32 Å². The number of anilines is 1. The second-order valence-corrected chi connectivity index (χ2v) is 6.36. The van der Waals surface area contributed by atoms with Gasteiger partial charge in [-0.25, -0.2) is 4.39 Å². The lowest BCUT2D eigenvalue weighted by molar-refractivity contribution is 0.100. The number of carbonyl (C=O) groups is 1. The summed E-state index contributed by atoms with van der Waals surface area (Å²) in [5.74, 6) is -0.406. The maximum Gasteiger partial charge on any atom is 0.248 e. The number of nitrogens with one attached hydrogen (secondary N) is 1. The van der Waals surface area contributed by atoms with Crippen molar-refractivity contribution < 1.29 is 9.18 Å². The molecule has 0 heterocycles. The molecule has 0 radical (unpaired) electrons. The zero-order valence-corrected chi connectivity index (χ0v) is 11.7. The van der Waals surface area contributed by atoms with Crippen molar-refractivity contribution in [2.45, 2.75) is 39.7 Å². The minimum Gasteiger partial charge on any atom is -0.380 e. The summed E-state index contributed by atoms with van der Waals surface area (Å²) in [6.07, 6.45) is 2.11. The Morgan fingerprint density at radius 3 is 2.63 bits per heavy atom. The van der Waals surface area contributed by atoms with Gasteiger partial charge in [0.15, 0.2) is 0 Å². The van der Waals surface area contributed by atoms with Crippen LogP contribution in [0.5, 0.6) is 0 Å². The van der Waals surface area contributed by atoms with Crippen molar-refractivity contribution in [3.05, 3.63) is 29.6 Å². The molecule has 0 aromatic heterocycles. The summed E-state index contributed by atoms with van der Waals surface area (Å²) in [5, 5.41) is 3.23. The summed E-state index contributed by atoms with van der Waals surface area (Å²) in [6, 6.07) is 4.42. The number of primary amides is 1. The molecule has 1 aliphatic carbocycles. The molecule has 1 aromatic carbocycles. The van der Waals surface area contributed by atoms with E-state index in [9.17, 15) is 9.18 Å². The fourth-order valence-electron chi connectivity index (χ4n) is 3.08. The molecule has 0 saturated heterocycles. The molecule has 1 saturated carbocycles. The molecular formula is C15H21FN2O. The van der Waals surface area contributed by atoms with Crippen LogP contribution in [-0.2, 0) is 0 Å². The molecule has 4 heteroatoms. The summed E-state index contributed by atoms with van der Waals surface area (Å²) >= 11 is 0. The molecule has 2 atom stereocenters. The molecule has 1 amide bonds. The maximum absolute atomic E-state index is 13.8. The highest BCUT2D eigenvalue weighted by molar-refractivity contribution is 5.93. The monoisotopic (exact) mass is 264 g/mol. The normalized spacial score (nSPS) is 25.3. The van der Waals surface area contributed by atoms with Crippen molar-refractivity contribution in [3.8, 4) is 0 Å². The number of benzene rings is 1. The summed E-state index contributed by atoms with van der Waals surface area (Å²) < 4.78 is 13.8. The molecule has 3 nitrogen and oxygen atoms in total. The van der Waals surface area contributed by atoms with E-state index in [2.05, 4.69) is 26.1 Å². The summed E-state index contributed by atoms with van der Waals surface area (Å²) in [5.41, 5.74) is 6.19. The van der Waals surface area contributed by atoms with Crippen LogP contribution in [0.1, 0.15) is 44.0 Å². The third-order valence-electron chi connectivity index (χ3n) is 3.93. The number of nitrogens with two attached hydrogens (primary N) is 1. The summed E-state index contributed by atoms with van der Waals surface area (Å²) in [6.45, 7) is 6.62. The van der Waals surface area contributed by atoms with Crippen LogP contribution in [0.25, 0.3) is 0 Å². The molecule has 3 N–H and O–H groups in total. The van der Waals surface area contributed by atoms with Crippen LogP contribution in [0, 0.1) is 17.2 Å². The number of hydrogen-bond donors (Lipinski definition) is 2. The predicted octanol–water partition coefficient (Wildman–Crippen LogP) is 3.16. The first-order valence-electron chi connectivity index (χ1n) is 6.64. The minimum absolute atomic E-state index is 0.229. The molecular weight excluding hydrogens is 243 g/mol. The maximum atomic E-state index is 13.8. The van der Waals surface area contributed by atoms with Gasteiger partial charge < -0.3 is 11.1 Å². The average molecular weight is 264 g/mol. The first-order valence-corrected chi connectivity index (χ1v) is 6.64. The van der Waals surface area contributed by atoms with Gasteiger partial charge in [-0.1, -0.05) is 20.8 Å². The average Bonchev–Trinajstić information content (AvgIpc) is 2.54. The van der Waals surface area contributed by atoms with Gasteiger partial charge in [0.2, 0.25) is 5.91 Å². The van der Waals surface area contributed by atoms with Crippen LogP contribution in [0.2, 0.25) is 0 Å². The Morgan fingerprint density at radius 2 is 2.11 bits per heavy atom. The summed E-state index contributed by atoms with van der Waals surface area (Å²) in [4.78, 5) is 11.1. The first-order chi connectivity index (χ1) is 8.78. The number of carbonyl (C=O) groups excluding carboxylic acids is 1. The zero-order chi connectivity index (χ0) is 14.2. The topological polar surface area (TPSA) is 55.1 Å². The van der Waals surface area contributed by atoms with Crippen molar-refractivity contribution in [2.24, 2.45) is 17.1 Å². The largest absolute Gasteiger partial charge is 0.380 e. The lowest BCUT2D eigenvalue weighted by Crippen LogP contribution is -2.23. The van der Waals surface area contributed by atoms with E-state index in [1.807, 2.05) is 0 Å². The van der Waals surface area contributed by atoms with Gasteiger partial charge in [-0.3, -0.25) is 4.79 Å². The van der Waals surface area contributed by atoms with Crippen LogP contribution in [0.15, 0.2) is 18.2 Å². The van der Waals surface area contributed by atoms with E-state index in [4.69, 9.17) is 5.73 Å². The van der Waals surface area contributed by atoms with Crippen LogP contribution >= 0.6 is 0 Å². The highest BCUT2D eigenvalue weighted by Crippen LogP contribution is 2.42. The van der Waals surface area contributed by atoms with Crippen molar-refractivity contribution in [3.63, 3.8) is 0 Å². The Kier molecular flexibility index (Phi) is 3.52. The van der Waals surface area contributed by atoms with Crippen LogP contribution in [0.3, 0.4) is 0 Å². The molecule has 1 aromatic rings. The van der Waals surface area contributed by atoms with E-state index in [-0.39, 0.29) is 17.3 Å². The zero-order valence-electron chi connectivity index (χ0n) is 11.7. The van der Waals surface area contributed by atoms with Gasteiger partial charge in [0.05, 0.1) is 5.69 Å². The van der Waals surface area contributed by atoms with Crippen molar-refractivity contribution >= 4 is 11.6 Å². The Labute approximate surface area is 113 Å². The molecule has 0 aliphatic heterocycles. The van der Waals surface area contributed by atoms with E-state index in [0.717, 1.165) is 12.8 Å². The fraction of sp³-hybridized carbons (Fsp3) is 0.533. The minimum atomic E-state index is -0.539. The van der Waals surface area contributed by atoms with Gasteiger partial charge in [-0.05, 0) is 42.4 Å². The molecule has 0 spiro atoms. The molecule has 2 rings (SSSR count). The van der Waals surface area contributed by atoms with Crippen molar-refractivity contribution in [1.29, 1.82) is 0 Å². The highest BCUT2D eigenvalue weighted by Gasteiger charge is 2.36. The molecule has 1 fully saturated rings. The second kappa shape index (κ2) is 4.83. The van der Waals surface area contributed by atoms with Gasteiger partial charge in [-0.2, -0.15) is 0 Å². The Bertz CT molecular complexity index is 499. The SMILES string of the molecule is CC1CC(C)(C)CC1Nc1cc(C(N)=O)ccc1F. The second-order valence-electron chi connectivity index (χ2n) is 6.36. The van der Waals surface area contributed by atoms with Crippen molar-refractivity contribution in [1.82, 2.24) is 0 Å². The third-order valence-corrected chi connectivity index (χ3v) is 3.93. The molecule has 0 bridgehead atoms. The lowest BCUT2D eigenvalue weighted by atomic mass is 9.91. The quantitative estimate of drug-likeness (QED) is 0.881. The smallest absolute Gasteiger partial charge is 0.248 e. The fourth-order valence-corrected chi connectivity index (χ4v) is 3.08. The van der Waals surface area contributed by atoms with E-state index in [1.54, 1.807) is 0 Å².